The zero-order valence-electron chi connectivity index (χ0n) is 7.96. The lowest BCUT2D eigenvalue weighted by Gasteiger charge is -2.15. The SMILES string of the molecule is CSCC(=O)NCC(N)C(C)C. The molecular weight excluding hydrogens is 172 g/mol. The summed E-state index contributed by atoms with van der Waals surface area (Å²) in [5, 5.41) is 2.78. The molecular formula is C8H18N2OS. The number of rotatable bonds is 5. The van der Waals surface area contributed by atoms with Crippen LogP contribution in [0.2, 0.25) is 0 Å². The molecule has 4 heteroatoms. The van der Waals surface area contributed by atoms with Gasteiger partial charge in [0.05, 0.1) is 5.75 Å². The Balaban J connectivity index is 3.47. The van der Waals surface area contributed by atoms with Crippen molar-refractivity contribution in [3.63, 3.8) is 0 Å². The fraction of sp³-hybridized carbons (Fsp3) is 0.875. The molecule has 12 heavy (non-hydrogen) atoms. The Morgan fingerprint density at radius 1 is 1.58 bits per heavy atom. The molecule has 0 aliphatic rings. The summed E-state index contributed by atoms with van der Waals surface area (Å²) in [5.41, 5.74) is 5.74. The van der Waals surface area contributed by atoms with E-state index in [1.54, 1.807) is 0 Å². The van der Waals surface area contributed by atoms with E-state index in [0.29, 0.717) is 18.2 Å². The molecule has 0 aromatic heterocycles. The lowest BCUT2D eigenvalue weighted by Crippen LogP contribution is -2.40. The molecule has 0 aliphatic carbocycles. The zero-order chi connectivity index (χ0) is 9.56. The van der Waals surface area contributed by atoms with E-state index in [1.807, 2.05) is 20.1 Å². The molecule has 0 spiro atoms. The number of thioether (sulfide) groups is 1. The van der Waals surface area contributed by atoms with E-state index in [4.69, 9.17) is 5.73 Å². The Hall–Kier alpha value is -0.220. The highest BCUT2D eigenvalue weighted by Crippen LogP contribution is 1.96. The van der Waals surface area contributed by atoms with E-state index in [0.717, 1.165) is 0 Å². The lowest BCUT2D eigenvalue weighted by atomic mass is 10.1. The van der Waals surface area contributed by atoms with Crippen LogP contribution >= 0.6 is 11.8 Å². The van der Waals surface area contributed by atoms with Gasteiger partial charge >= 0.3 is 0 Å². The topological polar surface area (TPSA) is 55.1 Å². The number of hydrogen-bond acceptors (Lipinski definition) is 3. The first-order valence-corrected chi connectivity index (χ1v) is 5.48. The van der Waals surface area contributed by atoms with Gasteiger partial charge in [0.1, 0.15) is 0 Å². The van der Waals surface area contributed by atoms with Gasteiger partial charge < -0.3 is 11.1 Å². The van der Waals surface area contributed by atoms with Gasteiger partial charge in [-0.05, 0) is 12.2 Å². The first-order valence-electron chi connectivity index (χ1n) is 4.09. The van der Waals surface area contributed by atoms with Crippen LogP contribution in [0.4, 0.5) is 0 Å². The van der Waals surface area contributed by atoms with Crippen LogP contribution in [0.3, 0.4) is 0 Å². The summed E-state index contributed by atoms with van der Waals surface area (Å²) in [6.45, 7) is 4.67. The second-order valence-corrected chi connectivity index (χ2v) is 4.01. The Bertz CT molecular complexity index is 139. The van der Waals surface area contributed by atoms with Gasteiger partial charge in [0.15, 0.2) is 0 Å². The van der Waals surface area contributed by atoms with Crippen molar-refractivity contribution in [3.8, 4) is 0 Å². The number of nitrogens with two attached hydrogens (primary N) is 1. The first-order chi connectivity index (χ1) is 5.57. The summed E-state index contributed by atoms with van der Waals surface area (Å²) in [7, 11) is 0. The fourth-order valence-corrected chi connectivity index (χ4v) is 1.01. The van der Waals surface area contributed by atoms with Crippen LogP contribution in [0.1, 0.15) is 13.8 Å². The standard InChI is InChI=1S/C8H18N2OS/c1-6(2)7(9)4-10-8(11)5-12-3/h6-7H,4-5,9H2,1-3H3,(H,10,11). The molecule has 3 N–H and O–H groups in total. The minimum atomic E-state index is 0.0656. The summed E-state index contributed by atoms with van der Waals surface area (Å²) in [6.07, 6.45) is 1.90. The van der Waals surface area contributed by atoms with E-state index in [1.165, 1.54) is 11.8 Å². The minimum Gasteiger partial charge on any atom is -0.354 e. The smallest absolute Gasteiger partial charge is 0.230 e. The van der Waals surface area contributed by atoms with Gasteiger partial charge in [0, 0.05) is 12.6 Å². The highest BCUT2D eigenvalue weighted by molar-refractivity contribution is 7.99. The number of carbonyl (C=O) groups excluding carboxylic acids is 1. The molecule has 0 fully saturated rings. The molecule has 0 radical (unpaired) electrons. The van der Waals surface area contributed by atoms with Crippen molar-refractivity contribution in [2.45, 2.75) is 19.9 Å². The van der Waals surface area contributed by atoms with E-state index in [9.17, 15) is 4.79 Å². The van der Waals surface area contributed by atoms with Crippen LogP contribution in [0.15, 0.2) is 0 Å². The van der Waals surface area contributed by atoms with Gasteiger partial charge in [-0.1, -0.05) is 13.8 Å². The molecule has 0 saturated heterocycles. The maximum absolute atomic E-state index is 11.0. The monoisotopic (exact) mass is 190 g/mol. The summed E-state index contributed by atoms with van der Waals surface area (Å²) >= 11 is 1.52. The van der Waals surface area contributed by atoms with Crippen molar-refractivity contribution >= 4 is 17.7 Å². The number of amides is 1. The molecule has 72 valence electrons. The van der Waals surface area contributed by atoms with Crippen molar-refractivity contribution in [2.75, 3.05) is 18.6 Å². The molecule has 0 aliphatic heterocycles. The zero-order valence-corrected chi connectivity index (χ0v) is 8.78. The number of hydrogen-bond donors (Lipinski definition) is 2. The average molecular weight is 190 g/mol. The average Bonchev–Trinajstić information content (AvgIpc) is 2.00. The molecule has 0 saturated carbocycles. The third-order valence-corrected chi connectivity index (χ3v) is 2.22. The molecule has 3 nitrogen and oxygen atoms in total. The highest BCUT2D eigenvalue weighted by Gasteiger charge is 2.08. The number of carbonyl (C=O) groups is 1. The van der Waals surface area contributed by atoms with Crippen molar-refractivity contribution in [1.29, 1.82) is 0 Å². The van der Waals surface area contributed by atoms with Crippen LogP contribution in [-0.4, -0.2) is 30.5 Å². The van der Waals surface area contributed by atoms with Crippen LogP contribution in [-0.2, 0) is 4.79 Å². The van der Waals surface area contributed by atoms with Gasteiger partial charge in [0.25, 0.3) is 0 Å². The van der Waals surface area contributed by atoms with Crippen LogP contribution in [0.25, 0.3) is 0 Å². The highest BCUT2D eigenvalue weighted by atomic mass is 32.2. The van der Waals surface area contributed by atoms with Gasteiger partial charge in [-0.3, -0.25) is 4.79 Å². The van der Waals surface area contributed by atoms with Gasteiger partial charge in [-0.25, -0.2) is 0 Å². The Labute approximate surface area is 78.5 Å². The Morgan fingerprint density at radius 2 is 2.17 bits per heavy atom. The lowest BCUT2D eigenvalue weighted by molar-refractivity contribution is -0.118. The van der Waals surface area contributed by atoms with E-state index < -0.39 is 0 Å². The maximum Gasteiger partial charge on any atom is 0.230 e. The molecule has 1 unspecified atom stereocenters. The summed E-state index contributed by atoms with van der Waals surface area (Å²) in [6, 6.07) is 0.0656. The minimum absolute atomic E-state index is 0.0656. The normalized spacial score (nSPS) is 13.1. The van der Waals surface area contributed by atoms with E-state index >= 15 is 0 Å². The van der Waals surface area contributed by atoms with Crippen LogP contribution < -0.4 is 11.1 Å². The molecule has 0 bridgehead atoms. The summed E-state index contributed by atoms with van der Waals surface area (Å²) < 4.78 is 0. The predicted molar refractivity (Wildman–Crippen MR) is 54.2 cm³/mol. The van der Waals surface area contributed by atoms with Crippen molar-refractivity contribution in [2.24, 2.45) is 11.7 Å². The summed E-state index contributed by atoms with van der Waals surface area (Å²) in [4.78, 5) is 11.0. The molecule has 0 heterocycles. The molecule has 1 atom stereocenters. The third-order valence-electron chi connectivity index (χ3n) is 1.67. The largest absolute Gasteiger partial charge is 0.354 e. The van der Waals surface area contributed by atoms with Crippen molar-refractivity contribution in [3.05, 3.63) is 0 Å². The van der Waals surface area contributed by atoms with E-state index in [-0.39, 0.29) is 11.9 Å². The fourth-order valence-electron chi connectivity index (χ4n) is 0.650. The second kappa shape index (κ2) is 6.31. The molecule has 0 aromatic carbocycles. The molecule has 1 amide bonds. The van der Waals surface area contributed by atoms with Gasteiger partial charge in [-0.2, -0.15) is 11.8 Å². The quantitative estimate of drug-likeness (QED) is 0.662. The number of nitrogens with one attached hydrogen (secondary N) is 1. The second-order valence-electron chi connectivity index (χ2n) is 3.14. The molecule has 0 aromatic rings. The van der Waals surface area contributed by atoms with Gasteiger partial charge in [-0.15, -0.1) is 0 Å². The van der Waals surface area contributed by atoms with Gasteiger partial charge in [0.2, 0.25) is 5.91 Å². The van der Waals surface area contributed by atoms with Crippen LogP contribution in [0, 0.1) is 5.92 Å². The maximum atomic E-state index is 11.0. The summed E-state index contributed by atoms with van der Waals surface area (Å²) in [5.74, 6) is 1.00. The predicted octanol–water partition coefficient (Wildman–Crippen LogP) is 0.449. The van der Waals surface area contributed by atoms with Crippen LogP contribution in [0.5, 0.6) is 0 Å². The third kappa shape index (κ3) is 5.43. The van der Waals surface area contributed by atoms with E-state index in [2.05, 4.69) is 5.32 Å². The Morgan fingerprint density at radius 3 is 2.58 bits per heavy atom. The van der Waals surface area contributed by atoms with Crippen molar-refractivity contribution in [1.82, 2.24) is 5.32 Å². The molecule has 0 rings (SSSR count). The Kier molecular flexibility index (Phi) is 6.20. The first kappa shape index (κ1) is 11.8. The van der Waals surface area contributed by atoms with Crippen molar-refractivity contribution < 1.29 is 4.79 Å².